The molecular weight excluding hydrogens is 416 g/mol. The van der Waals surface area contributed by atoms with Crippen molar-refractivity contribution in [3.05, 3.63) is 52.2 Å². The van der Waals surface area contributed by atoms with E-state index < -0.39 is 0 Å². The first kappa shape index (κ1) is 21.4. The molecule has 1 atom stereocenters. The number of nitrogens with zero attached hydrogens (tertiary/aromatic N) is 4. The molecule has 0 saturated carbocycles. The second kappa shape index (κ2) is 9.18. The first-order valence-electron chi connectivity index (χ1n) is 12.0. The van der Waals surface area contributed by atoms with Gasteiger partial charge < -0.3 is 9.80 Å². The first-order chi connectivity index (χ1) is 15.6. The Morgan fingerprint density at radius 3 is 2.56 bits per heavy atom. The molecule has 3 aromatic rings. The van der Waals surface area contributed by atoms with Crippen LogP contribution >= 0.6 is 11.3 Å². The number of aromatic nitrogens is 2. The summed E-state index contributed by atoms with van der Waals surface area (Å²) in [5, 5.41) is 1.29. The van der Waals surface area contributed by atoms with Crippen molar-refractivity contribution in [1.82, 2.24) is 14.9 Å². The minimum atomic E-state index is 0.219. The molecule has 1 amide bonds. The summed E-state index contributed by atoms with van der Waals surface area (Å²) in [4.78, 5) is 30.1. The maximum atomic E-state index is 12.8. The Morgan fingerprint density at radius 1 is 1.06 bits per heavy atom. The number of carbonyl (C=O) groups excluding carboxylic acids is 1. The zero-order valence-electron chi connectivity index (χ0n) is 19.1. The van der Waals surface area contributed by atoms with Gasteiger partial charge in [0.1, 0.15) is 16.5 Å². The molecule has 0 radical (unpaired) electrons. The molecule has 0 spiro atoms. The van der Waals surface area contributed by atoms with Crippen LogP contribution < -0.4 is 4.90 Å². The molecule has 5 rings (SSSR count). The molecule has 168 valence electrons. The molecule has 1 aliphatic carbocycles. The van der Waals surface area contributed by atoms with E-state index in [9.17, 15) is 4.79 Å². The zero-order chi connectivity index (χ0) is 22.1. The highest BCUT2D eigenvalue weighted by Crippen LogP contribution is 2.40. The van der Waals surface area contributed by atoms with Crippen LogP contribution in [-0.2, 0) is 24.1 Å². The van der Waals surface area contributed by atoms with Crippen molar-refractivity contribution in [3.63, 3.8) is 0 Å². The lowest BCUT2D eigenvalue weighted by molar-refractivity contribution is -0.130. The predicted octanol–water partition coefficient (Wildman–Crippen LogP) is 4.97. The Kier molecular flexibility index (Phi) is 6.13. The van der Waals surface area contributed by atoms with Gasteiger partial charge in [-0.05, 0) is 43.2 Å². The SMILES string of the molecule is CC[C@@H](C)c1nc(N2CCN(C(=O)Cc3ccccc3)CC2)c2c3c(sc2n1)CCCC3. The van der Waals surface area contributed by atoms with Crippen molar-refractivity contribution in [3.8, 4) is 0 Å². The smallest absolute Gasteiger partial charge is 0.227 e. The molecule has 1 aliphatic heterocycles. The fraction of sp³-hybridized carbons (Fsp3) is 0.500. The molecule has 2 aromatic heterocycles. The number of hydrogen-bond donors (Lipinski definition) is 0. The Bertz CT molecular complexity index is 1100. The van der Waals surface area contributed by atoms with Gasteiger partial charge in [0.05, 0.1) is 11.8 Å². The number of aryl methyl sites for hydroxylation is 2. The van der Waals surface area contributed by atoms with Crippen LogP contribution in [0.25, 0.3) is 10.2 Å². The van der Waals surface area contributed by atoms with E-state index in [2.05, 4.69) is 18.7 Å². The number of anilines is 1. The van der Waals surface area contributed by atoms with E-state index in [-0.39, 0.29) is 5.91 Å². The van der Waals surface area contributed by atoms with Crippen LogP contribution in [0.5, 0.6) is 0 Å². The van der Waals surface area contributed by atoms with Gasteiger partial charge in [-0.1, -0.05) is 44.2 Å². The summed E-state index contributed by atoms with van der Waals surface area (Å²) in [7, 11) is 0. The summed E-state index contributed by atoms with van der Waals surface area (Å²) in [6, 6.07) is 10.0. The van der Waals surface area contributed by atoms with Crippen LogP contribution in [-0.4, -0.2) is 47.0 Å². The van der Waals surface area contributed by atoms with Crippen molar-refractivity contribution >= 4 is 33.3 Å². The highest BCUT2D eigenvalue weighted by molar-refractivity contribution is 7.19. The van der Waals surface area contributed by atoms with E-state index in [1.807, 2.05) is 46.6 Å². The molecule has 5 nitrogen and oxygen atoms in total. The standard InChI is InChI=1S/C26H32N4OS/c1-3-18(2)24-27-25(23-20-11-7-8-12-21(20)32-26(23)28-24)30-15-13-29(14-16-30)22(31)17-19-9-5-4-6-10-19/h4-6,9-10,18H,3,7-8,11-17H2,1-2H3/t18-/m1/s1. The molecule has 1 saturated heterocycles. The summed E-state index contributed by atoms with van der Waals surface area (Å²) in [5.74, 6) is 2.65. The number of thiophene rings is 1. The summed E-state index contributed by atoms with van der Waals surface area (Å²) in [6.07, 6.45) is 6.38. The number of piperazine rings is 1. The molecule has 0 unspecified atom stereocenters. The van der Waals surface area contributed by atoms with Crippen molar-refractivity contribution < 1.29 is 4.79 Å². The van der Waals surface area contributed by atoms with E-state index in [0.717, 1.165) is 56.2 Å². The van der Waals surface area contributed by atoms with Gasteiger partial charge in [0, 0.05) is 37.0 Å². The Balaban J connectivity index is 1.39. The fourth-order valence-electron chi connectivity index (χ4n) is 4.84. The molecule has 32 heavy (non-hydrogen) atoms. The van der Waals surface area contributed by atoms with Crippen molar-refractivity contribution in [2.45, 2.75) is 58.3 Å². The van der Waals surface area contributed by atoms with E-state index in [1.165, 1.54) is 39.9 Å². The number of benzene rings is 1. The molecule has 0 N–H and O–H groups in total. The number of amides is 1. The van der Waals surface area contributed by atoms with Gasteiger partial charge in [0.15, 0.2) is 0 Å². The maximum absolute atomic E-state index is 12.8. The number of hydrogen-bond acceptors (Lipinski definition) is 5. The fourth-order valence-corrected chi connectivity index (χ4v) is 6.10. The van der Waals surface area contributed by atoms with Crippen molar-refractivity contribution in [2.75, 3.05) is 31.1 Å². The molecule has 2 aliphatic rings. The summed E-state index contributed by atoms with van der Waals surface area (Å²) in [5.41, 5.74) is 2.57. The summed E-state index contributed by atoms with van der Waals surface area (Å²) < 4.78 is 0. The third-order valence-electron chi connectivity index (χ3n) is 7.00. The average molecular weight is 449 g/mol. The molecule has 6 heteroatoms. The van der Waals surface area contributed by atoms with E-state index in [1.54, 1.807) is 0 Å². The summed E-state index contributed by atoms with van der Waals surface area (Å²) in [6.45, 7) is 7.59. The van der Waals surface area contributed by atoms with Crippen LogP contribution in [0.2, 0.25) is 0 Å². The minimum Gasteiger partial charge on any atom is -0.352 e. The monoisotopic (exact) mass is 448 g/mol. The first-order valence-corrected chi connectivity index (χ1v) is 12.8. The van der Waals surface area contributed by atoms with Gasteiger partial charge in [-0.2, -0.15) is 0 Å². The Labute approximate surface area is 194 Å². The highest BCUT2D eigenvalue weighted by Gasteiger charge is 2.28. The largest absolute Gasteiger partial charge is 0.352 e. The Hall–Kier alpha value is -2.47. The number of fused-ring (bicyclic) bond motifs is 3. The van der Waals surface area contributed by atoms with Gasteiger partial charge in [-0.25, -0.2) is 9.97 Å². The third kappa shape index (κ3) is 4.13. The zero-order valence-corrected chi connectivity index (χ0v) is 20.0. The second-order valence-electron chi connectivity index (χ2n) is 9.14. The van der Waals surface area contributed by atoms with Crippen molar-refractivity contribution in [2.24, 2.45) is 0 Å². The minimum absolute atomic E-state index is 0.219. The van der Waals surface area contributed by atoms with Gasteiger partial charge in [0.25, 0.3) is 0 Å². The van der Waals surface area contributed by atoms with Crippen LogP contribution in [0.3, 0.4) is 0 Å². The van der Waals surface area contributed by atoms with Gasteiger partial charge in [0.2, 0.25) is 5.91 Å². The van der Waals surface area contributed by atoms with Crippen LogP contribution in [0.4, 0.5) is 5.82 Å². The van der Waals surface area contributed by atoms with Crippen molar-refractivity contribution in [1.29, 1.82) is 0 Å². The molecule has 1 aromatic carbocycles. The lowest BCUT2D eigenvalue weighted by atomic mass is 9.96. The molecule has 1 fully saturated rings. The number of carbonyl (C=O) groups is 1. The van der Waals surface area contributed by atoms with Crippen LogP contribution in [0, 0.1) is 0 Å². The predicted molar refractivity (Wildman–Crippen MR) is 132 cm³/mol. The molecule has 3 heterocycles. The van der Waals surface area contributed by atoms with Gasteiger partial charge >= 0.3 is 0 Å². The topological polar surface area (TPSA) is 49.3 Å². The van der Waals surface area contributed by atoms with E-state index >= 15 is 0 Å². The van der Waals surface area contributed by atoms with Gasteiger partial charge in [-0.3, -0.25) is 4.79 Å². The van der Waals surface area contributed by atoms with Gasteiger partial charge in [-0.15, -0.1) is 11.3 Å². The molecular formula is C26H32N4OS. The normalized spacial score (nSPS) is 17.4. The van der Waals surface area contributed by atoms with Crippen LogP contribution in [0.15, 0.2) is 30.3 Å². The molecule has 0 bridgehead atoms. The van der Waals surface area contributed by atoms with Crippen LogP contribution in [0.1, 0.15) is 60.9 Å². The van der Waals surface area contributed by atoms with E-state index in [0.29, 0.717) is 12.3 Å². The Morgan fingerprint density at radius 2 is 1.81 bits per heavy atom. The highest BCUT2D eigenvalue weighted by atomic mass is 32.1. The quantitative estimate of drug-likeness (QED) is 0.553. The second-order valence-corrected chi connectivity index (χ2v) is 10.2. The summed E-state index contributed by atoms with van der Waals surface area (Å²) >= 11 is 1.88. The number of rotatable bonds is 5. The maximum Gasteiger partial charge on any atom is 0.227 e. The lowest BCUT2D eigenvalue weighted by Crippen LogP contribution is -2.49. The van der Waals surface area contributed by atoms with E-state index in [4.69, 9.17) is 9.97 Å². The average Bonchev–Trinajstić information content (AvgIpc) is 3.22. The lowest BCUT2D eigenvalue weighted by Gasteiger charge is -2.36. The third-order valence-corrected chi connectivity index (χ3v) is 8.18.